The summed E-state index contributed by atoms with van der Waals surface area (Å²) in [4.78, 5) is 16.6. The van der Waals surface area contributed by atoms with Gasteiger partial charge in [0.25, 0.3) is 0 Å². The van der Waals surface area contributed by atoms with Crippen molar-refractivity contribution in [3.8, 4) is 5.75 Å². The summed E-state index contributed by atoms with van der Waals surface area (Å²) in [6.07, 6.45) is 7.23. The Labute approximate surface area is 148 Å². The molecule has 2 aromatic rings. The Kier molecular flexibility index (Phi) is 5.88. The van der Waals surface area contributed by atoms with Crippen LogP contribution in [0.1, 0.15) is 39.0 Å². The molecule has 1 aliphatic carbocycles. The molecule has 25 heavy (non-hydrogen) atoms. The SMILES string of the molecule is CCOc1ccccc1Nc1ccc(NC(=O)C2CCCCC2)nc1. The molecule has 1 heterocycles. The third-order valence-corrected chi connectivity index (χ3v) is 4.46. The fourth-order valence-corrected chi connectivity index (χ4v) is 3.14. The number of hydrogen-bond acceptors (Lipinski definition) is 4. The van der Waals surface area contributed by atoms with Gasteiger partial charge in [-0.25, -0.2) is 4.98 Å². The molecule has 1 aliphatic rings. The lowest BCUT2D eigenvalue weighted by Gasteiger charge is -2.20. The first-order chi connectivity index (χ1) is 12.3. The average molecular weight is 339 g/mol. The fraction of sp³-hybridized carbons (Fsp3) is 0.400. The zero-order chi connectivity index (χ0) is 17.5. The Hall–Kier alpha value is -2.56. The van der Waals surface area contributed by atoms with Gasteiger partial charge >= 0.3 is 0 Å². The number of anilines is 3. The second kappa shape index (κ2) is 8.51. The van der Waals surface area contributed by atoms with Crippen LogP contribution < -0.4 is 15.4 Å². The Bertz CT molecular complexity index is 694. The molecule has 0 saturated heterocycles. The molecule has 0 unspecified atom stereocenters. The Morgan fingerprint density at radius 3 is 2.68 bits per heavy atom. The van der Waals surface area contributed by atoms with Crippen LogP contribution in [0, 0.1) is 5.92 Å². The van der Waals surface area contributed by atoms with Gasteiger partial charge in [-0.3, -0.25) is 4.79 Å². The van der Waals surface area contributed by atoms with Crippen molar-refractivity contribution in [1.29, 1.82) is 0 Å². The minimum atomic E-state index is 0.0922. The summed E-state index contributed by atoms with van der Waals surface area (Å²) in [5.74, 6) is 1.62. The molecule has 5 nitrogen and oxygen atoms in total. The smallest absolute Gasteiger partial charge is 0.228 e. The number of amides is 1. The normalized spacial score (nSPS) is 14.8. The summed E-state index contributed by atoms with van der Waals surface area (Å²) in [5.41, 5.74) is 1.74. The molecular weight excluding hydrogens is 314 g/mol. The van der Waals surface area contributed by atoms with Gasteiger partial charge in [0.1, 0.15) is 11.6 Å². The van der Waals surface area contributed by atoms with Gasteiger partial charge in [0, 0.05) is 5.92 Å². The van der Waals surface area contributed by atoms with Gasteiger partial charge in [-0.15, -0.1) is 0 Å². The molecule has 2 N–H and O–H groups in total. The minimum Gasteiger partial charge on any atom is -0.492 e. The highest BCUT2D eigenvalue weighted by molar-refractivity contribution is 5.91. The van der Waals surface area contributed by atoms with Gasteiger partial charge in [0.15, 0.2) is 0 Å². The molecule has 3 rings (SSSR count). The third kappa shape index (κ3) is 4.72. The molecule has 132 valence electrons. The molecule has 1 aromatic carbocycles. The molecule has 5 heteroatoms. The van der Waals surface area contributed by atoms with Crippen LogP contribution >= 0.6 is 0 Å². The second-order valence-corrected chi connectivity index (χ2v) is 6.31. The lowest BCUT2D eigenvalue weighted by atomic mass is 9.89. The molecule has 1 fully saturated rings. The van der Waals surface area contributed by atoms with Crippen molar-refractivity contribution in [2.75, 3.05) is 17.2 Å². The Morgan fingerprint density at radius 1 is 1.16 bits per heavy atom. The largest absolute Gasteiger partial charge is 0.492 e. The van der Waals surface area contributed by atoms with Crippen LogP contribution in [-0.4, -0.2) is 17.5 Å². The minimum absolute atomic E-state index is 0.0922. The summed E-state index contributed by atoms with van der Waals surface area (Å²) in [5, 5.41) is 6.23. The highest BCUT2D eigenvalue weighted by Gasteiger charge is 2.21. The number of nitrogens with one attached hydrogen (secondary N) is 2. The van der Waals surface area contributed by atoms with Gasteiger partial charge in [0.2, 0.25) is 5.91 Å². The predicted octanol–water partition coefficient (Wildman–Crippen LogP) is 4.74. The van der Waals surface area contributed by atoms with Crippen LogP contribution in [0.25, 0.3) is 0 Å². The summed E-state index contributed by atoms with van der Waals surface area (Å²) in [6.45, 7) is 2.57. The molecule has 1 aromatic heterocycles. The summed E-state index contributed by atoms with van der Waals surface area (Å²) in [7, 11) is 0. The van der Waals surface area contributed by atoms with E-state index in [9.17, 15) is 4.79 Å². The van der Waals surface area contributed by atoms with E-state index in [2.05, 4.69) is 15.6 Å². The van der Waals surface area contributed by atoms with Gasteiger partial charge in [-0.2, -0.15) is 0 Å². The second-order valence-electron chi connectivity index (χ2n) is 6.31. The van der Waals surface area contributed by atoms with Crippen LogP contribution in [0.15, 0.2) is 42.6 Å². The maximum Gasteiger partial charge on any atom is 0.228 e. The van der Waals surface area contributed by atoms with Crippen LogP contribution in [0.3, 0.4) is 0 Å². The van der Waals surface area contributed by atoms with Crippen molar-refractivity contribution in [2.45, 2.75) is 39.0 Å². The maximum atomic E-state index is 12.3. The van der Waals surface area contributed by atoms with Crippen molar-refractivity contribution in [3.05, 3.63) is 42.6 Å². The van der Waals surface area contributed by atoms with E-state index in [4.69, 9.17) is 4.74 Å². The van der Waals surface area contributed by atoms with E-state index in [1.807, 2.05) is 43.3 Å². The van der Waals surface area contributed by atoms with Crippen LogP contribution in [0.2, 0.25) is 0 Å². The number of ether oxygens (including phenoxy) is 1. The number of nitrogens with zero attached hydrogens (tertiary/aromatic N) is 1. The molecule has 0 radical (unpaired) electrons. The van der Waals surface area contributed by atoms with E-state index in [1.54, 1.807) is 6.20 Å². The number of para-hydroxylation sites is 2. The third-order valence-electron chi connectivity index (χ3n) is 4.46. The van der Waals surface area contributed by atoms with Gasteiger partial charge in [0.05, 0.1) is 24.2 Å². The first kappa shape index (κ1) is 17.3. The van der Waals surface area contributed by atoms with E-state index in [0.717, 1.165) is 42.8 Å². The number of rotatable bonds is 6. The number of carbonyl (C=O) groups excluding carboxylic acids is 1. The van der Waals surface area contributed by atoms with Crippen molar-refractivity contribution in [1.82, 2.24) is 4.98 Å². The lowest BCUT2D eigenvalue weighted by molar-refractivity contribution is -0.120. The molecule has 0 bridgehead atoms. The highest BCUT2D eigenvalue weighted by atomic mass is 16.5. The van der Waals surface area contributed by atoms with Crippen LogP contribution in [0.4, 0.5) is 17.2 Å². The summed E-state index contributed by atoms with van der Waals surface area (Å²) >= 11 is 0. The Morgan fingerprint density at radius 2 is 1.96 bits per heavy atom. The number of carbonyl (C=O) groups is 1. The number of benzene rings is 1. The predicted molar refractivity (Wildman–Crippen MR) is 100 cm³/mol. The van der Waals surface area contributed by atoms with Crippen molar-refractivity contribution in [3.63, 3.8) is 0 Å². The standard InChI is InChI=1S/C20H25N3O2/c1-2-25-18-11-7-6-10-17(18)22-16-12-13-19(21-14-16)23-20(24)15-8-4-3-5-9-15/h6-7,10-15,22H,2-5,8-9H2,1H3,(H,21,23,24). The zero-order valence-electron chi connectivity index (χ0n) is 14.6. The van der Waals surface area contributed by atoms with Gasteiger partial charge < -0.3 is 15.4 Å². The quantitative estimate of drug-likeness (QED) is 0.798. The number of hydrogen-bond donors (Lipinski definition) is 2. The number of aromatic nitrogens is 1. The van der Waals surface area contributed by atoms with Gasteiger partial charge in [-0.05, 0) is 44.0 Å². The molecule has 0 atom stereocenters. The Balaban J connectivity index is 1.61. The first-order valence-corrected chi connectivity index (χ1v) is 9.02. The summed E-state index contributed by atoms with van der Waals surface area (Å²) < 4.78 is 5.61. The van der Waals surface area contributed by atoms with Crippen molar-refractivity contribution in [2.24, 2.45) is 5.92 Å². The molecule has 0 spiro atoms. The molecule has 1 amide bonds. The van der Waals surface area contributed by atoms with E-state index in [0.29, 0.717) is 12.4 Å². The molecule has 0 aliphatic heterocycles. The monoisotopic (exact) mass is 339 g/mol. The van der Waals surface area contributed by atoms with E-state index in [1.165, 1.54) is 6.42 Å². The van der Waals surface area contributed by atoms with E-state index >= 15 is 0 Å². The van der Waals surface area contributed by atoms with Crippen LogP contribution in [-0.2, 0) is 4.79 Å². The summed E-state index contributed by atoms with van der Waals surface area (Å²) in [6, 6.07) is 11.5. The molecular formula is C20H25N3O2. The fourth-order valence-electron chi connectivity index (χ4n) is 3.14. The van der Waals surface area contributed by atoms with Crippen molar-refractivity contribution < 1.29 is 9.53 Å². The lowest BCUT2D eigenvalue weighted by Crippen LogP contribution is -2.25. The molecule has 1 saturated carbocycles. The van der Waals surface area contributed by atoms with Crippen LogP contribution in [0.5, 0.6) is 5.75 Å². The van der Waals surface area contributed by atoms with E-state index < -0.39 is 0 Å². The topological polar surface area (TPSA) is 63.2 Å². The van der Waals surface area contributed by atoms with Crippen molar-refractivity contribution >= 4 is 23.1 Å². The first-order valence-electron chi connectivity index (χ1n) is 9.02. The highest BCUT2D eigenvalue weighted by Crippen LogP contribution is 2.28. The maximum absolute atomic E-state index is 12.3. The zero-order valence-corrected chi connectivity index (χ0v) is 14.6. The average Bonchev–Trinajstić information content (AvgIpc) is 2.66. The van der Waals surface area contributed by atoms with E-state index in [-0.39, 0.29) is 11.8 Å². The van der Waals surface area contributed by atoms with Gasteiger partial charge in [-0.1, -0.05) is 31.4 Å². The number of pyridine rings is 1.